The number of benzene rings is 2. The molecule has 5 heteroatoms. The molecule has 2 aromatic heterocycles. The summed E-state index contributed by atoms with van der Waals surface area (Å²) in [6.07, 6.45) is 5.45. The number of pyridine rings is 1. The highest BCUT2D eigenvalue weighted by atomic mass is 19.1. The van der Waals surface area contributed by atoms with Crippen LogP contribution in [0.4, 0.5) is 4.39 Å². The third-order valence-corrected chi connectivity index (χ3v) is 4.30. The van der Waals surface area contributed by atoms with Crippen molar-refractivity contribution in [3.8, 4) is 28.5 Å². The molecule has 0 saturated carbocycles. The molecule has 0 saturated heterocycles. The highest BCUT2D eigenvalue weighted by Crippen LogP contribution is 2.31. The number of nitrogens with zero attached hydrogens (tertiary/aromatic N) is 4. The number of hydrogen-bond donors (Lipinski definition) is 0. The Labute approximate surface area is 156 Å². The van der Waals surface area contributed by atoms with Gasteiger partial charge in [0, 0.05) is 29.7 Å². The van der Waals surface area contributed by atoms with E-state index in [9.17, 15) is 4.39 Å². The van der Waals surface area contributed by atoms with Crippen LogP contribution >= 0.6 is 0 Å². The summed E-state index contributed by atoms with van der Waals surface area (Å²) in [4.78, 5) is 4.07. The molecule has 0 fully saturated rings. The fourth-order valence-electron chi connectivity index (χ4n) is 2.94. The van der Waals surface area contributed by atoms with Crippen molar-refractivity contribution in [2.45, 2.75) is 6.54 Å². The van der Waals surface area contributed by atoms with E-state index >= 15 is 0 Å². The fraction of sp³-hybridized carbons (Fsp3) is 0.0455. The van der Waals surface area contributed by atoms with E-state index in [0.717, 1.165) is 27.9 Å². The maximum absolute atomic E-state index is 13.3. The molecule has 0 spiro atoms. The lowest BCUT2D eigenvalue weighted by Gasteiger charge is -2.02. The van der Waals surface area contributed by atoms with Gasteiger partial charge in [-0.1, -0.05) is 12.1 Å². The van der Waals surface area contributed by atoms with Crippen molar-refractivity contribution in [2.24, 2.45) is 0 Å². The van der Waals surface area contributed by atoms with Crippen LogP contribution in [0.15, 0.2) is 79.3 Å². The molecule has 0 bridgehead atoms. The molecule has 130 valence electrons. The van der Waals surface area contributed by atoms with Crippen LogP contribution in [0.25, 0.3) is 22.4 Å². The van der Waals surface area contributed by atoms with E-state index in [2.05, 4.69) is 11.1 Å². The maximum Gasteiger partial charge on any atom is 0.123 e. The van der Waals surface area contributed by atoms with Gasteiger partial charge in [0.05, 0.1) is 18.2 Å². The molecular weight excluding hydrogens is 339 g/mol. The molecular formula is C22H15FN4. The third-order valence-electron chi connectivity index (χ3n) is 4.30. The summed E-state index contributed by atoms with van der Waals surface area (Å²) in [5, 5.41) is 13.7. The maximum atomic E-state index is 13.3. The predicted octanol–water partition coefficient (Wildman–Crippen LogP) is 4.67. The predicted molar refractivity (Wildman–Crippen MR) is 101 cm³/mol. The van der Waals surface area contributed by atoms with Gasteiger partial charge in [-0.25, -0.2) is 4.39 Å². The average Bonchev–Trinajstić information content (AvgIpc) is 3.13. The van der Waals surface area contributed by atoms with E-state index in [1.54, 1.807) is 36.7 Å². The number of rotatable bonds is 4. The zero-order valence-electron chi connectivity index (χ0n) is 14.4. The second kappa shape index (κ2) is 7.22. The van der Waals surface area contributed by atoms with Crippen LogP contribution in [-0.4, -0.2) is 14.8 Å². The largest absolute Gasteiger partial charge is 0.267 e. The van der Waals surface area contributed by atoms with Crippen LogP contribution in [0.2, 0.25) is 0 Å². The molecule has 0 aliphatic carbocycles. The van der Waals surface area contributed by atoms with Crippen molar-refractivity contribution in [1.82, 2.24) is 14.8 Å². The minimum atomic E-state index is -0.277. The van der Waals surface area contributed by atoms with Crippen molar-refractivity contribution in [3.05, 3.63) is 96.2 Å². The Morgan fingerprint density at radius 3 is 2.26 bits per heavy atom. The molecule has 4 nitrogen and oxygen atoms in total. The Kier molecular flexibility index (Phi) is 4.46. The molecule has 0 amide bonds. The van der Waals surface area contributed by atoms with Crippen LogP contribution < -0.4 is 0 Å². The van der Waals surface area contributed by atoms with Crippen molar-refractivity contribution in [3.63, 3.8) is 0 Å². The zero-order valence-corrected chi connectivity index (χ0v) is 14.4. The van der Waals surface area contributed by atoms with Crippen molar-refractivity contribution < 1.29 is 4.39 Å². The number of nitriles is 1. The van der Waals surface area contributed by atoms with Gasteiger partial charge >= 0.3 is 0 Å². The molecule has 0 N–H and O–H groups in total. The second-order valence-corrected chi connectivity index (χ2v) is 6.14. The van der Waals surface area contributed by atoms with Gasteiger partial charge in [0.25, 0.3) is 0 Å². The van der Waals surface area contributed by atoms with Crippen molar-refractivity contribution in [1.29, 1.82) is 5.26 Å². The Morgan fingerprint density at radius 2 is 1.59 bits per heavy atom. The number of halogens is 1. The van der Waals surface area contributed by atoms with E-state index in [1.807, 2.05) is 35.1 Å². The summed E-state index contributed by atoms with van der Waals surface area (Å²) in [5.41, 5.74) is 5.26. The van der Waals surface area contributed by atoms with Crippen molar-refractivity contribution >= 4 is 0 Å². The monoisotopic (exact) mass is 354 g/mol. The Hall–Kier alpha value is -3.78. The molecule has 27 heavy (non-hydrogen) atoms. The summed E-state index contributed by atoms with van der Waals surface area (Å²) >= 11 is 0. The lowest BCUT2D eigenvalue weighted by molar-refractivity contribution is 0.628. The van der Waals surface area contributed by atoms with Gasteiger partial charge in [0.2, 0.25) is 0 Å². The Morgan fingerprint density at radius 1 is 0.889 bits per heavy atom. The minimum absolute atomic E-state index is 0.277. The molecule has 2 heterocycles. The number of hydrogen-bond acceptors (Lipinski definition) is 3. The van der Waals surface area contributed by atoms with Crippen molar-refractivity contribution in [2.75, 3.05) is 0 Å². The smallest absolute Gasteiger partial charge is 0.123 e. The summed E-state index contributed by atoms with van der Waals surface area (Å²) in [6, 6.07) is 19.7. The Balaban J connectivity index is 1.75. The first-order valence-corrected chi connectivity index (χ1v) is 8.46. The molecule has 0 aliphatic heterocycles. The first-order valence-electron chi connectivity index (χ1n) is 8.46. The van der Waals surface area contributed by atoms with Crippen LogP contribution in [0.1, 0.15) is 11.1 Å². The topological polar surface area (TPSA) is 54.5 Å². The lowest BCUT2D eigenvalue weighted by atomic mass is 10.0. The third kappa shape index (κ3) is 3.60. The first-order chi connectivity index (χ1) is 13.2. The van der Waals surface area contributed by atoms with E-state index in [0.29, 0.717) is 12.1 Å². The van der Waals surface area contributed by atoms with E-state index < -0.39 is 0 Å². The highest BCUT2D eigenvalue weighted by Gasteiger charge is 2.13. The molecule has 0 radical (unpaired) electrons. The van der Waals surface area contributed by atoms with Crippen LogP contribution in [0.3, 0.4) is 0 Å². The average molecular weight is 354 g/mol. The zero-order chi connectivity index (χ0) is 18.6. The molecule has 0 unspecified atom stereocenters. The number of aromatic nitrogens is 3. The summed E-state index contributed by atoms with van der Waals surface area (Å²) in [7, 11) is 0. The van der Waals surface area contributed by atoms with Crippen LogP contribution in [0.5, 0.6) is 0 Å². The van der Waals surface area contributed by atoms with Gasteiger partial charge in [0.15, 0.2) is 0 Å². The molecule has 0 atom stereocenters. The summed E-state index contributed by atoms with van der Waals surface area (Å²) in [6.45, 7) is 0.574. The van der Waals surface area contributed by atoms with Crippen LogP contribution in [-0.2, 0) is 6.54 Å². The standard InChI is InChI=1S/C22H15FN4/c23-20-7-5-19(6-8-20)22-21(18-9-11-25-12-10-18)15-27(26-22)14-17-3-1-16(13-24)2-4-17/h1-12,15H,14H2. The van der Waals surface area contributed by atoms with E-state index in [-0.39, 0.29) is 5.82 Å². The minimum Gasteiger partial charge on any atom is -0.267 e. The highest BCUT2D eigenvalue weighted by molar-refractivity contribution is 5.80. The van der Waals surface area contributed by atoms with Gasteiger partial charge in [-0.05, 0) is 59.7 Å². The van der Waals surface area contributed by atoms with E-state index in [1.165, 1.54) is 12.1 Å². The Bertz CT molecular complexity index is 1090. The first kappa shape index (κ1) is 16.7. The van der Waals surface area contributed by atoms with Gasteiger partial charge in [-0.15, -0.1) is 0 Å². The lowest BCUT2D eigenvalue weighted by Crippen LogP contribution is -2.00. The normalized spacial score (nSPS) is 10.5. The molecule has 4 aromatic rings. The van der Waals surface area contributed by atoms with E-state index in [4.69, 9.17) is 10.4 Å². The molecule has 4 rings (SSSR count). The van der Waals surface area contributed by atoms with Gasteiger partial charge in [-0.3, -0.25) is 9.67 Å². The molecule has 0 aliphatic rings. The van der Waals surface area contributed by atoms with Gasteiger partial charge in [-0.2, -0.15) is 10.4 Å². The van der Waals surface area contributed by atoms with Crippen LogP contribution in [0, 0.1) is 17.1 Å². The van der Waals surface area contributed by atoms with Gasteiger partial charge in [0.1, 0.15) is 11.5 Å². The quantitative estimate of drug-likeness (QED) is 0.535. The van der Waals surface area contributed by atoms with Gasteiger partial charge < -0.3 is 0 Å². The summed E-state index contributed by atoms with van der Waals surface area (Å²) < 4.78 is 15.2. The second-order valence-electron chi connectivity index (χ2n) is 6.14. The fourth-order valence-corrected chi connectivity index (χ4v) is 2.94. The summed E-state index contributed by atoms with van der Waals surface area (Å²) in [5.74, 6) is -0.277. The molecule has 2 aromatic carbocycles. The SMILES string of the molecule is N#Cc1ccc(Cn2cc(-c3ccncc3)c(-c3ccc(F)cc3)n2)cc1.